The first-order valence-electron chi connectivity index (χ1n) is 3.52. The molecule has 1 saturated heterocycles. The predicted octanol–water partition coefficient (Wildman–Crippen LogP) is -1.90. The lowest BCUT2D eigenvalue weighted by molar-refractivity contribution is -0.364. The van der Waals surface area contributed by atoms with Gasteiger partial charge >= 0.3 is 6.04 Å². The van der Waals surface area contributed by atoms with Crippen molar-refractivity contribution in [2.45, 2.75) is 30.8 Å². The fourth-order valence-electron chi connectivity index (χ4n) is 1.12. The summed E-state index contributed by atoms with van der Waals surface area (Å²) in [6.07, 6.45) is -4.80. The largest absolute Gasteiger partial charge is 0.394 e. The number of hydrogen-bond acceptors (Lipinski definition) is 5. The molecule has 0 radical (unpaired) electrons. The van der Waals surface area contributed by atoms with Crippen LogP contribution in [0.5, 0.6) is 0 Å². The number of hydrogen-bond donors (Lipinski definition) is 4. The third kappa shape index (κ3) is 1.90. The van der Waals surface area contributed by atoms with E-state index in [1.807, 2.05) is 0 Å². The fraction of sp³-hybridized carbons (Fsp3) is 1.00. The highest BCUT2D eigenvalue weighted by Gasteiger charge is 2.45. The molecule has 4 atom stereocenters. The minimum Gasteiger partial charge on any atom is -0.394 e. The topological polar surface area (TPSA) is 90.2 Å². The first-order valence-corrected chi connectivity index (χ1v) is 3.52. The van der Waals surface area contributed by atoms with Crippen molar-refractivity contribution in [3.63, 3.8) is 0 Å². The smallest absolute Gasteiger partial charge is 0.320 e. The Morgan fingerprint density at radius 2 is 2.08 bits per heavy atom. The van der Waals surface area contributed by atoms with Crippen molar-refractivity contribution >= 4 is 0 Å². The first kappa shape index (κ1) is 9.82. The molecular formula is C6H11FO5. The predicted molar refractivity (Wildman–Crippen MR) is 34.6 cm³/mol. The zero-order chi connectivity index (χ0) is 9.35. The van der Waals surface area contributed by atoms with E-state index >= 15 is 0 Å². The highest BCUT2D eigenvalue weighted by Crippen LogP contribution is 2.28. The minimum absolute atomic E-state index is 0.662. The van der Waals surface area contributed by atoms with Crippen LogP contribution in [0.25, 0.3) is 0 Å². The van der Waals surface area contributed by atoms with Gasteiger partial charge in [0.1, 0.15) is 12.2 Å². The molecule has 5 nitrogen and oxygen atoms in total. The van der Waals surface area contributed by atoms with Crippen molar-refractivity contribution in [1.29, 1.82) is 0 Å². The van der Waals surface area contributed by atoms with E-state index in [-0.39, 0.29) is 0 Å². The highest BCUT2D eigenvalue weighted by molar-refractivity contribution is 4.84. The summed E-state index contributed by atoms with van der Waals surface area (Å²) in [6.45, 7) is -0.662. The first-order chi connectivity index (χ1) is 5.46. The molecule has 0 aromatic rings. The van der Waals surface area contributed by atoms with E-state index in [4.69, 9.17) is 20.4 Å². The summed E-state index contributed by atoms with van der Waals surface area (Å²) in [5, 5.41) is 35.3. The second kappa shape index (κ2) is 3.23. The Labute approximate surface area is 68.0 Å². The summed E-state index contributed by atoms with van der Waals surface area (Å²) < 4.78 is 16.9. The van der Waals surface area contributed by atoms with E-state index in [0.29, 0.717) is 0 Å². The fourth-order valence-corrected chi connectivity index (χ4v) is 1.12. The molecule has 0 aromatic heterocycles. The number of aliphatic hydroxyl groups excluding tert-OH is 3. The third-order valence-corrected chi connectivity index (χ3v) is 1.75. The van der Waals surface area contributed by atoms with Crippen LogP contribution in [0.3, 0.4) is 0 Å². The van der Waals surface area contributed by atoms with E-state index in [9.17, 15) is 4.39 Å². The van der Waals surface area contributed by atoms with Crippen molar-refractivity contribution in [3.05, 3.63) is 0 Å². The van der Waals surface area contributed by atoms with Gasteiger partial charge in [-0.05, 0) is 0 Å². The van der Waals surface area contributed by atoms with Gasteiger partial charge in [0.2, 0.25) is 0 Å². The van der Waals surface area contributed by atoms with E-state index in [0.717, 1.165) is 0 Å². The van der Waals surface area contributed by atoms with Crippen LogP contribution in [0.15, 0.2) is 0 Å². The van der Waals surface area contributed by atoms with Crippen LogP contribution in [0.2, 0.25) is 0 Å². The van der Waals surface area contributed by atoms with Gasteiger partial charge in [0.15, 0.2) is 0 Å². The van der Waals surface area contributed by atoms with Crippen molar-refractivity contribution in [3.8, 4) is 0 Å². The molecule has 0 saturated carbocycles. The summed E-state index contributed by atoms with van der Waals surface area (Å²) in [5.74, 6) is 0. The maximum absolute atomic E-state index is 12.7. The maximum atomic E-state index is 12.7. The minimum atomic E-state index is -2.97. The molecule has 72 valence electrons. The summed E-state index contributed by atoms with van der Waals surface area (Å²) in [7, 11) is 0. The molecule has 1 fully saturated rings. The summed E-state index contributed by atoms with van der Waals surface area (Å²) >= 11 is 0. The van der Waals surface area contributed by atoms with Gasteiger partial charge < -0.3 is 25.2 Å². The standard InChI is InChI=1S/C6H11FO5/c7-6(11)1-3(9)5(10)4(2-8)12-6/h3-5,8-11H,1-2H2/t3-,4-,5+,6?/m1/s1. The number of rotatable bonds is 1. The molecule has 12 heavy (non-hydrogen) atoms. The molecule has 1 aliphatic rings. The van der Waals surface area contributed by atoms with Gasteiger partial charge in [-0.2, -0.15) is 4.39 Å². The van der Waals surface area contributed by atoms with Crippen LogP contribution in [0.4, 0.5) is 4.39 Å². The zero-order valence-corrected chi connectivity index (χ0v) is 6.22. The molecule has 0 bridgehead atoms. The van der Waals surface area contributed by atoms with Gasteiger partial charge in [0.25, 0.3) is 0 Å². The summed E-state index contributed by atoms with van der Waals surface area (Å²) in [6, 6.07) is -2.97. The summed E-state index contributed by atoms with van der Waals surface area (Å²) in [4.78, 5) is 0. The Hall–Kier alpha value is -0.270. The van der Waals surface area contributed by atoms with Gasteiger partial charge in [-0.1, -0.05) is 0 Å². The summed E-state index contributed by atoms with van der Waals surface area (Å²) in [5.41, 5.74) is 0. The van der Waals surface area contributed by atoms with Crippen LogP contribution in [0.1, 0.15) is 6.42 Å². The van der Waals surface area contributed by atoms with Crippen LogP contribution < -0.4 is 0 Å². The number of alkyl halides is 1. The molecule has 0 amide bonds. The highest BCUT2D eigenvalue weighted by atomic mass is 19.2. The molecule has 0 aliphatic carbocycles. The third-order valence-electron chi connectivity index (χ3n) is 1.75. The molecule has 1 aliphatic heterocycles. The molecule has 1 heterocycles. The number of aliphatic hydroxyl groups is 4. The van der Waals surface area contributed by atoms with E-state index in [1.54, 1.807) is 0 Å². The second-order valence-electron chi connectivity index (χ2n) is 2.79. The van der Waals surface area contributed by atoms with Crippen LogP contribution in [-0.2, 0) is 4.74 Å². The molecule has 0 spiro atoms. The Morgan fingerprint density at radius 1 is 1.50 bits per heavy atom. The van der Waals surface area contributed by atoms with Crippen molar-refractivity contribution < 1.29 is 29.6 Å². The SMILES string of the molecule is OC[C@H]1OC(O)(F)C[C@@H](O)[C@@H]1O. The van der Waals surface area contributed by atoms with Gasteiger partial charge in [0.05, 0.1) is 19.1 Å². The van der Waals surface area contributed by atoms with Crippen molar-refractivity contribution in [2.24, 2.45) is 0 Å². The van der Waals surface area contributed by atoms with Crippen LogP contribution >= 0.6 is 0 Å². The van der Waals surface area contributed by atoms with Gasteiger partial charge in [-0.3, -0.25) is 0 Å². The van der Waals surface area contributed by atoms with Crippen molar-refractivity contribution in [2.75, 3.05) is 6.61 Å². The molecule has 1 rings (SSSR count). The van der Waals surface area contributed by atoms with Gasteiger partial charge in [0, 0.05) is 0 Å². The lowest BCUT2D eigenvalue weighted by Gasteiger charge is -2.36. The Bertz CT molecular complexity index is 162. The molecule has 1 unspecified atom stereocenters. The number of ether oxygens (including phenoxy) is 1. The normalized spacial score (nSPS) is 49.2. The average Bonchev–Trinajstić information content (AvgIpc) is 1.96. The Morgan fingerprint density at radius 3 is 2.58 bits per heavy atom. The van der Waals surface area contributed by atoms with Crippen molar-refractivity contribution in [1.82, 2.24) is 0 Å². The second-order valence-corrected chi connectivity index (χ2v) is 2.79. The van der Waals surface area contributed by atoms with Gasteiger partial charge in [-0.15, -0.1) is 0 Å². The molecular weight excluding hydrogens is 171 g/mol. The molecule has 6 heteroatoms. The monoisotopic (exact) mass is 182 g/mol. The molecule has 0 aromatic carbocycles. The Kier molecular flexibility index (Phi) is 2.64. The zero-order valence-electron chi connectivity index (χ0n) is 6.22. The van der Waals surface area contributed by atoms with Gasteiger partial charge in [-0.25, -0.2) is 0 Å². The average molecular weight is 182 g/mol. The number of halogens is 1. The lowest BCUT2D eigenvalue weighted by Crippen LogP contribution is -2.54. The van der Waals surface area contributed by atoms with E-state index in [2.05, 4.69) is 4.74 Å². The van der Waals surface area contributed by atoms with Crippen LogP contribution in [-0.4, -0.2) is 51.4 Å². The molecule has 4 N–H and O–H groups in total. The van der Waals surface area contributed by atoms with E-state index in [1.165, 1.54) is 0 Å². The maximum Gasteiger partial charge on any atom is 0.320 e. The quantitative estimate of drug-likeness (QED) is 0.380. The van der Waals surface area contributed by atoms with Crippen LogP contribution in [0, 0.1) is 0 Å². The lowest BCUT2D eigenvalue weighted by atomic mass is 10.0. The van der Waals surface area contributed by atoms with E-state index < -0.39 is 37.4 Å². The Balaban J connectivity index is 2.65.